The lowest BCUT2D eigenvalue weighted by atomic mass is 9.45. The van der Waals surface area contributed by atoms with Crippen LogP contribution in [0.25, 0.3) is 0 Å². The highest BCUT2D eigenvalue weighted by Gasteiger charge is 2.68. The molecule has 0 aromatic carbocycles. The van der Waals surface area contributed by atoms with Crippen molar-refractivity contribution in [2.45, 2.75) is 63.4 Å². The maximum atomic E-state index is 14.4. The van der Waals surface area contributed by atoms with E-state index >= 15 is 0 Å². The standard InChI is InChI=1S/C19H28FNO3/c1-17-5-6-19(24)15(12(17)9-13(20)16(17)21)14(23)8-10-7-11(22)3-4-18(10,19)2/h3-4,8,10-13,15-16,22-24H,5-7,9,21H2,1-2H3/t10?,11-,12+,13-,15-,16+,17+,18+,19-/m1/s1. The summed E-state index contributed by atoms with van der Waals surface area (Å²) in [5, 5.41) is 32.5. The van der Waals surface area contributed by atoms with E-state index in [1.54, 1.807) is 12.2 Å². The number of aliphatic hydroxyl groups excluding tert-OH is 2. The van der Waals surface area contributed by atoms with Crippen LogP contribution in [0.3, 0.4) is 0 Å². The Bertz CT molecular complexity index is 622. The van der Waals surface area contributed by atoms with Gasteiger partial charge in [0.25, 0.3) is 0 Å². The Labute approximate surface area is 142 Å². The Kier molecular flexibility index (Phi) is 3.33. The monoisotopic (exact) mass is 337 g/mol. The molecule has 4 aliphatic carbocycles. The molecular formula is C19H28FNO3. The maximum Gasteiger partial charge on any atom is 0.116 e. The van der Waals surface area contributed by atoms with E-state index in [9.17, 15) is 19.7 Å². The van der Waals surface area contributed by atoms with Crippen molar-refractivity contribution in [1.29, 1.82) is 0 Å². The zero-order valence-corrected chi connectivity index (χ0v) is 14.3. The van der Waals surface area contributed by atoms with Gasteiger partial charge in [-0.15, -0.1) is 0 Å². The minimum Gasteiger partial charge on any atom is -0.512 e. The fraction of sp³-hybridized carbons (Fsp3) is 0.789. The predicted molar refractivity (Wildman–Crippen MR) is 88.8 cm³/mol. The van der Waals surface area contributed by atoms with E-state index in [1.807, 2.05) is 19.9 Å². The van der Waals surface area contributed by atoms with Gasteiger partial charge in [-0.1, -0.05) is 26.0 Å². The first-order valence-corrected chi connectivity index (χ1v) is 9.03. The first-order valence-electron chi connectivity index (χ1n) is 9.03. The topological polar surface area (TPSA) is 86.7 Å². The van der Waals surface area contributed by atoms with Gasteiger partial charge in [0.2, 0.25) is 0 Å². The molecular weight excluding hydrogens is 309 g/mol. The molecule has 0 aromatic heterocycles. The summed E-state index contributed by atoms with van der Waals surface area (Å²) in [6.07, 6.45) is 5.69. The van der Waals surface area contributed by atoms with E-state index in [1.165, 1.54) is 0 Å². The zero-order chi connectivity index (χ0) is 17.5. The Morgan fingerprint density at radius 2 is 1.96 bits per heavy atom. The van der Waals surface area contributed by atoms with Crippen molar-refractivity contribution < 1.29 is 19.7 Å². The lowest BCUT2D eigenvalue weighted by Gasteiger charge is -2.62. The highest BCUT2D eigenvalue weighted by atomic mass is 19.1. The molecule has 134 valence electrons. The number of fused-ring (bicyclic) bond motifs is 5. The van der Waals surface area contributed by atoms with Crippen molar-refractivity contribution >= 4 is 0 Å². The zero-order valence-electron chi connectivity index (χ0n) is 14.3. The second-order valence-electron chi connectivity index (χ2n) is 8.93. The average Bonchev–Trinajstić information content (AvgIpc) is 2.74. The van der Waals surface area contributed by atoms with Crippen LogP contribution in [-0.2, 0) is 0 Å². The second kappa shape index (κ2) is 4.83. The van der Waals surface area contributed by atoms with Crippen LogP contribution < -0.4 is 5.73 Å². The summed E-state index contributed by atoms with van der Waals surface area (Å²) in [4.78, 5) is 0. The molecule has 2 fully saturated rings. The third-order valence-electron chi connectivity index (χ3n) is 7.99. The van der Waals surface area contributed by atoms with Gasteiger partial charge in [0.15, 0.2) is 0 Å². The van der Waals surface area contributed by atoms with E-state index < -0.39 is 40.7 Å². The van der Waals surface area contributed by atoms with Crippen molar-refractivity contribution in [2.24, 2.45) is 34.3 Å². The van der Waals surface area contributed by atoms with Gasteiger partial charge in [-0.2, -0.15) is 0 Å². The molecule has 0 heterocycles. The number of hydrogen-bond donors (Lipinski definition) is 4. The van der Waals surface area contributed by atoms with Gasteiger partial charge in [0, 0.05) is 17.4 Å². The first kappa shape index (κ1) is 16.6. The third kappa shape index (κ3) is 1.78. The summed E-state index contributed by atoms with van der Waals surface area (Å²) in [6, 6.07) is -0.547. The number of alkyl halides is 1. The van der Waals surface area contributed by atoms with Crippen LogP contribution in [0.5, 0.6) is 0 Å². The van der Waals surface area contributed by atoms with Crippen LogP contribution >= 0.6 is 0 Å². The Balaban J connectivity index is 1.83. The minimum absolute atomic E-state index is 0.126. The summed E-state index contributed by atoms with van der Waals surface area (Å²) in [5.41, 5.74) is 4.05. The van der Waals surface area contributed by atoms with Crippen molar-refractivity contribution in [2.75, 3.05) is 0 Å². The SMILES string of the molecule is C[C@]12CC[C@@]3(O)[C@@H](C(O)=CC4C[C@H](O)C=C[C@@]43C)[C@@H]1C[C@@H](F)[C@@H]2N. The number of aliphatic hydroxyl groups is 3. The van der Waals surface area contributed by atoms with Crippen LogP contribution in [0, 0.1) is 28.6 Å². The molecule has 0 spiro atoms. The van der Waals surface area contributed by atoms with Crippen LogP contribution in [0.15, 0.2) is 24.0 Å². The maximum absolute atomic E-state index is 14.4. The van der Waals surface area contributed by atoms with Crippen molar-refractivity contribution in [3.8, 4) is 0 Å². The van der Waals surface area contributed by atoms with E-state index in [0.717, 1.165) is 0 Å². The highest BCUT2D eigenvalue weighted by Crippen LogP contribution is 2.66. The minimum atomic E-state index is -1.14. The van der Waals surface area contributed by atoms with Gasteiger partial charge in [0.05, 0.1) is 17.5 Å². The van der Waals surface area contributed by atoms with E-state index in [4.69, 9.17) is 5.73 Å². The predicted octanol–water partition coefficient (Wildman–Crippen LogP) is 2.22. The average molecular weight is 337 g/mol. The van der Waals surface area contributed by atoms with Gasteiger partial charge in [-0.25, -0.2) is 4.39 Å². The molecule has 9 atom stereocenters. The smallest absolute Gasteiger partial charge is 0.116 e. The summed E-state index contributed by atoms with van der Waals surface area (Å²) < 4.78 is 14.4. The Hall–Kier alpha value is -0.910. The number of allylic oxidation sites excluding steroid dienone is 1. The van der Waals surface area contributed by atoms with Gasteiger partial charge in [0.1, 0.15) is 6.17 Å². The molecule has 0 aliphatic heterocycles. The summed E-state index contributed by atoms with van der Waals surface area (Å²) in [7, 11) is 0. The van der Waals surface area contributed by atoms with Crippen LogP contribution in [-0.4, -0.2) is 39.2 Å². The fourth-order valence-electron chi connectivity index (χ4n) is 6.23. The molecule has 2 saturated carbocycles. The molecule has 4 nitrogen and oxygen atoms in total. The quantitative estimate of drug-likeness (QED) is 0.511. The molecule has 5 N–H and O–H groups in total. The van der Waals surface area contributed by atoms with Gasteiger partial charge in [-0.05, 0) is 49.0 Å². The van der Waals surface area contributed by atoms with E-state index in [0.29, 0.717) is 19.3 Å². The van der Waals surface area contributed by atoms with E-state index in [-0.39, 0.29) is 24.0 Å². The lowest BCUT2D eigenvalue weighted by molar-refractivity contribution is -0.187. The molecule has 1 unspecified atom stereocenters. The lowest BCUT2D eigenvalue weighted by Crippen LogP contribution is -2.65. The largest absolute Gasteiger partial charge is 0.512 e. The number of hydrogen-bond acceptors (Lipinski definition) is 4. The molecule has 0 bridgehead atoms. The van der Waals surface area contributed by atoms with Crippen molar-refractivity contribution in [3.63, 3.8) is 0 Å². The van der Waals surface area contributed by atoms with Crippen LogP contribution in [0.2, 0.25) is 0 Å². The Morgan fingerprint density at radius 3 is 2.67 bits per heavy atom. The molecule has 24 heavy (non-hydrogen) atoms. The second-order valence-corrected chi connectivity index (χ2v) is 8.93. The number of rotatable bonds is 0. The summed E-state index contributed by atoms with van der Waals surface area (Å²) >= 11 is 0. The number of halogens is 1. The molecule has 0 aromatic rings. The van der Waals surface area contributed by atoms with Crippen LogP contribution in [0.1, 0.15) is 39.5 Å². The molecule has 4 aliphatic rings. The molecule has 0 saturated heterocycles. The van der Waals surface area contributed by atoms with E-state index in [2.05, 4.69) is 0 Å². The van der Waals surface area contributed by atoms with Crippen molar-refractivity contribution in [3.05, 3.63) is 24.0 Å². The Morgan fingerprint density at radius 1 is 1.25 bits per heavy atom. The van der Waals surface area contributed by atoms with Crippen LogP contribution in [0.4, 0.5) is 4.39 Å². The van der Waals surface area contributed by atoms with Gasteiger partial charge in [-0.3, -0.25) is 0 Å². The normalized spacial score (nSPS) is 59.3. The molecule has 0 amide bonds. The summed E-state index contributed by atoms with van der Waals surface area (Å²) in [6.45, 7) is 4.00. The van der Waals surface area contributed by atoms with Crippen molar-refractivity contribution in [1.82, 2.24) is 0 Å². The summed E-state index contributed by atoms with van der Waals surface area (Å²) in [5.74, 6) is -0.640. The fourth-order valence-corrected chi connectivity index (χ4v) is 6.23. The molecule has 4 rings (SSSR count). The number of nitrogens with two attached hydrogens (primary N) is 1. The molecule has 0 radical (unpaired) electrons. The van der Waals surface area contributed by atoms with Gasteiger partial charge < -0.3 is 21.1 Å². The third-order valence-corrected chi connectivity index (χ3v) is 7.99. The van der Waals surface area contributed by atoms with Gasteiger partial charge >= 0.3 is 0 Å². The highest BCUT2D eigenvalue weighted by molar-refractivity contribution is 5.32. The first-order chi connectivity index (χ1) is 11.1. The molecule has 5 heteroatoms.